The summed E-state index contributed by atoms with van der Waals surface area (Å²) in [5, 5.41) is 4.51. The molecular weight excluding hydrogens is 496 g/mol. The first-order valence-corrected chi connectivity index (χ1v) is 14.9. The molecule has 0 aliphatic carbocycles. The molecule has 208 valence electrons. The molecule has 0 unspecified atom stereocenters. The van der Waals surface area contributed by atoms with Crippen molar-refractivity contribution in [1.29, 1.82) is 0 Å². The second-order valence-electron chi connectivity index (χ2n) is 9.96. The molecule has 0 aliphatic rings. The van der Waals surface area contributed by atoms with Crippen molar-refractivity contribution in [3.63, 3.8) is 0 Å². The SMILES string of the molecule is CCCCCCCCCCCCCCCCCC(=O)N/N=C/c1ccc(OC(=O)c2cccc(Cl)c2)cc1. The Morgan fingerprint density at radius 3 is 1.89 bits per heavy atom. The van der Waals surface area contributed by atoms with E-state index in [1.807, 2.05) is 0 Å². The van der Waals surface area contributed by atoms with Gasteiger partial charge in [-0.05, 0) is 54.4 Å². The Kier molecular flexibility index (Phi) is 16.9. The van der Waals surface area contributed by atoms with Gasteiger partial charge in [0.25, 0.3) is 0 Å². The first-order valence-electron chi connectivity index (χ1n) is 14.5. The molecule has 0 radical (unpaired) electrons. The van der Waals surface area contributed by atoms with Crippen molar-refractivity contribution in [1.82, 2.24) is 5.43 Å². The van der Waals surface area contributed by atoms with E-state index in [-0.39, 0.29) is 5.91 Å². The Bertz CT molecular complexity index is 959. The van der Waals surface area contributed by atoms with Crippen molar-refractivity contribution < 1.29 is 14.3 Å². The predicted molar refractivity (Wildman–Crippen MR) is 158 cm³/mol. The first-order chi connectivity index (χ1) is 18.6. The quantitative estimate of drug-likeness (QED) is 0.0598. The van der Waals surface area contributed by atoms with Crippen molar-refractivity contribution in [3.8, 4) is 5.75 Å². The lowest BCUT2D eigenvalue weighted by molar-refractivity contribution is -0.121. The number of unbranched alkanes of at least 4 members (excludes halogenated alkanes) is 14. The zero-order chi connectivity index (χ0) is 27.3. The Labute approximate surface area is 234 Å². The lowest BCUT2D eigenvalue weighted by atomic mass is 10.0. The van der Waals surface area contributed by atoms with Crippen LogP contribution in [-0.4, -0.2) is 18.1 Å². The van der Waals surface area contributed by atoms with Crippen LogP contribution in [0.15, 0.2) is 53.6 Å². The van der Waals surface area contributed by atoms with Crippen LogP contribution in [0.25, 0.3) is 0 Å². The zero-order valence-corrected chi connectivity index (χ0v) is 23.8. The fourth-order valence-electron chi connectivity index (χ4n) is 4.29. The van der Waals surface area contributed by atoms with Crippen molar-refractivity contribution in [3.05, 3.63) is 64.7 Å². The number of esters is 1. The second kappa shape index (κ2) is 20.3. The van der Waals surface area contributed by atoms with Gasteiger partial charge in [-0.3, -0.25) is 4.79 Å². The summed E-state index contributed by atoms with van der Waals surface area (Å²) in [4.78, 5) is 24.2. The van der Waals surface area contributed by atoms with Gasteiger partial charge in [-0.2, -0.15) is 5.10 Å². The van der Waals surface area contributed by atoms with Crippen molar-refractivity contribution in [2.24, 2.45) is 5.10 Å². The number of nitrogens with zero attached hydrogens (tertiary/aromatic N) is 1. The number of benzene rings is 2. The van der Waals surface area contributed by atoms with Crippen LogP contribution in [0, 0.1) is 0 Å². The van der Waals surface area contributed by atoms with Crippen molar-refractivity contribution >= 4 is 29.7 Å². The number of halogens is 1. The molecule has 1 N–H and O–H groups in total. The average Bonchev–Trinajstić information content (AvgIpc) is 2.92. The highest BCUT2D eigenvalue weighted by Crippen LogP contribution is 2.16. The van der Waals surface area contributed by atoms with Crippen molar-refractivity contribution in [2.75, 3.05) is 0 Å². The van der Waals surface area contributed by atoms with E-state index in [1.54, 1.807) is 54.7 Å². The van der Waals surface area contributed by atoms with E-state index in [4.69, 9.17) is 16.3 Å². The van der Waals surface area contributed by atoms with Gasteiger partial charge in [0, 0.05) is 11.4 Å². The molecule has 0 bridgehead atoms. The van der Waals surface area contributed by atoms with Crippen LogP contribution in [0.2, 0.25) is 5.02 Å². The fourth-order valence-corrected chi connectivity index (χ4v) is 4.49. The van der Waals surface area contributed by atoms with Gasteiger partial charge in [-0.1, -0.05) is 114 Å². The molecule has 0 aliphatic heterocycles. The summed E-state index contributed by atoms with van der Waals surface area (Å²) in [6.45, 7) is 2.27. The minimum Gasteiger partial charge on any atom is -0.423 e. The van der Waals surface area contributed by atoms with Gasteiger partial charge >= 0.3 is 5.97 Å². The number of amides is 1. The van der Waals surface area contributed by atoms with Crippen LogP contribution >= 0.6 is 11.6 Å². The number of ether oxygens (including phenoxy) is 1. The third kappa shape index (κ3) is 14.9. The maximum absolute atomic E-state index is 12.2. The molecule has 1 amide bonds. The largest absolute Gasteiger partial charge is 0.423 e. The van der Waals surface area contributed by atoms with Gasteiger partial charge in [0.2, 0.25) is 5.91 Å². The maximum Gasteiger partial charge on any atom is 0.343 e. The van der Waals surface area contributed by atoms with E-state index in [9.17, 15) is 9.59 Å². The molecule has 0 atom stereocenters. The number of hydrogen-bond acceptors (Lipinski definition) is 4. The van der Waals surface area contributed by atoms with Crippen LogP contribution in [-0.2, 0) is 4.79 Å². The summed E-state index contributed by atoms with van der Waals surface area (Å²) in [6.07, 6.45) is 21.7. The monoisotopic (exact) mass is 540 g/mol. The molecule has 0 heterocycles. The number of nitrogens with one attached hydrogen (secondary N) is 1. The third-order valence-corrected chi connectivity index (χ3v) is 6.80. The number of hydrazone groups is 1. The van der Waals surface area contributed by atoms with E-state index in [2.05, 4.69) is 17.5 Å². The highest BCUT2D eigenvalue weighted by atomic mass is 35.5. The molecule has 0 saturated carbocycles. The molecule has 6 heteroatoms. The number of carbonyl (C=O) groups excluding carboxylic acids is 2. The van der Waals surface area contributed by atoms with E-state index in [1.165, 1.54) is 83.5 Å². The topological polar surface area (TPSA) is 67.8 Å². The average molecular weight is 541 g/mol. The second-order valence-corrected chi connectivity index (χ2v) is 10.4. The highest BCUT2D eigenvalue weighted by molar-refractivity contribution is 6.30. The lowest BCUT2D eigenvalue weighted by Crippen LogP contribution is -2.16. The molecule has 2 aromatic carbocycles. The molecule has 0 saturated heterocycles. The van der Waals surface area contributed by atoms with Gasteiger partial charge in [-0.15, -0.1) is 0 Å². The van der Waals surface area contributed by atoms with Gasteiger partial charge < -0.3 is 4.74 Å². The van der Waals surface area contributed by atoms with E-state index in [0.717, 1.165) is 18.4 Å². The van der Waals surface area contributed by atoms with Gasteiger partial charge in [-0.25, -0.2) is 10.2 Å². The van der Waals surface area contributed by atoms with Gasteiger partial charge in [0.1, 0.15) is 5.75 Å². The number of hydrogen-bond donors (Lipinski definition) is 1. The fraction of sp³-hybridized carbons (Fsp3) is 0.531. The number of carbonyl (C=O) groups is 2. The van der Waals surface area contributed by atoms with Crippen LogP contribution in [0.3, 0.4) is 0 Å². The Morgan fingerprint density at radius 2 is 1.34 bits per heavy atom. The molecule has 38 heavy (non-hydrogen) atoms. The maximum atomic E-state index is 12.2. The van der Waals surface area contributed by atoms with Crippen LogP contribution in [0.5, 0.6) is 5.75 Å². The molecule has 2 aromatic rings. The summed E-state index contributed by atoms with van der Waals surface area (Å²) in [5.41, 5.74) is 3.77. The molecule has 2 rings (SSSR count). The predicted octanol–water partition coefficient (Wildman–Crippen LogP) is 9.27. The van der Waals surface area contributed by atoms with Crippen LogP contribution < -0.4 is 10.2 Å². The third-order valence-electron chi connectivity index (χ3n) is 6.56. The standard InChI is InChI=1S/C32H45ClN2O3/c1-2-3-4-5-6-7-8-9-10-11-12-13-14-15-16-20-31(36)35-34-26-27-21-23-30(24-22-27)38-32(37)28-18-17-19-29(33)25-28/h17-19,21-26H,2-16,20H2,1H3,(H,35,36)/b34-26+. The summed E-state index contributed by atoms with van der Waals surface area (Å²) < 4.78 is 5.36. The molecule has 0 fully saturated rings. The summed E-state index contributed by atoms with van der Waals surface area (Å²) in [7, 11) is 0. The van der Waals surface area contributed by atoms with E-state index >= 15 is 0 Å². The smallest absolute Gasteiger partial charge is 0.343 e. The Hall–Kier alpha value is -2.66. The van der Waals surface area contributed by atoms with Gasteiger partial charge in [0.05, 0.1) is 11.8 Å². The first kappa shape index (κ1) is 31.6. The van der Waals surface area contributed by atoms with Crippen LogP contribution in [0.4, 0.5) is 0 Å². The van der Waals surface area contributed by atoms with Crippen LogP contribution in [0.1, 0.15) is 126 Å². The minimum atomic E-state index is -0.472. The summed E-state index contributed by atoms with van der Waals surface area (Å²) in [5.74, 6) is -0.118. The molecule has 0 spiro atoms. The van der Waals surface area contributed by atoms with Crippen molar-refractivity contribution in [2.45, 2.75) is 110 Å². The van der Waals surface area contributed by atoms with Gasteiger partial charge in [0.15, 0.2) is 0 Å². The zero-order valence-electron chi connectivity index (χ0n) is 23.1. The lowest BCUT2D eigenvalue weighted by Gasteiger charge is -2.05. The van der Waals surface area contributed by atoms with E-state index in [0.29, 0.717) is 22.8 Å². The van der Waals surface area contributed by atoms with E-state index < -0.39 is 5.97 Å². The Morgan fingerprint density at radius 1 is 0.789 bits per heavy atom. The summed E-state index contributed by atoms with van der Waals surface area (Å²) in [6, 6.07) is 13.5. The number of rotatable bonds is 20. The Balaban J connectivity index is 1.46. The molecule has 0 aromatic heterocycles. The molecule has 5 nitrogen and oxygen atoms in total. The highest BCUT2D eigenvalue weighted by Gasteiger charge is 2.09. The normalized spacial score (nSPS) is 11.1. The minimum absolute atomic E-state index is 0.0667. The molecular formula is C32H45ClN2O3. The summed E-state index contributed by atoms with van der Waals surface area (Å²) >= 11 is 5.92.